The summed E-state index contributed by atoms with van der Waals surface area (Å²) in [6.07, 6.45) is 21.9. The van der Waals surface area contributed by atoms with E-state index >= 15 is 0 Å². The molecule has 0 spiro atoms. The van der Waals surface area contributed by atoms with E-state index in [1.54, 1.807) is 5.57 Å². The van der Waals surface area contributed by atoms with Gasteiger partial charge in [0.2, 0.25) is 0 Å². The highest BCUT2D eigenvalue weighted by Crippen LogP contribution is 2.31. The van der Waals surface area contributed by atoms with Gasteiger partial charge >= 0.3 is 0 Å². The first-order valence-electron chi connectivity index (χ1n) is 8.55. The van der Waals surface area contributed by atoms with Crippen LogP contribution in [0.2, 0.25) is 0 Å². The second kappa shape index (κ2) is 9.80. The zero-order valence-corrected chi connectivity index (χ0v) is 14.7. The topological polar surface area (TPSA) is 0 Å². The Bertz CT molecular complexity index is 510. The minimum Gasteiger partial charge on any atom is -0.144 e. The van der Waals surface area contributed by atoms with E-state index in [0.717, 1.165) is 6.42 Å². The Labute approximate surface area is 140 Å². The van der Waals surface area contributed by atoms with E-state index in [4.69, 9.17) is 0 Å². The molecule has 0 saturated heterocycles. The van der Waals surface area contributed by atoms with Crippen LogP contribution in [0.15, 0.2) is 48.1 Å². The van der Waals surface area contributed by atoms with Crippen LogP contribution in [0.25, 0.3) is 0 Å². The standard InChI is InChI=1S/C21H28S/c1-3-4-7-15-20(19-13-8-5-6-9-14-19)17-22-21-16-11-10-12-18(21)2/h3-5,8,10,12,14,18,20-21H,6-7,9,13,15,17H2,1-2H3. The summed E-state index contributed by atoms with van der Waals surface area (Å²) in [5.74, 6) is 9.00. The zero-order chi connectivity index (χ0) is 15.6. The smallest absolute Gasteiger partial charge is 0.0720 e. The van der Waals surface area contributed by atoms with Gasteiger partial charge in [-0.3, -0.25) is 0 Å². The van der Waals surface area contributed by atoms with Crippen molar-refractivity contribution in [3.8, 4) is 11.8 Å². The average molecular weight is 313 g/mol. The summed E-state index contributed by atoms with van der Waals surface area (Å²) in [5.41, 5.74) is 1.65. The van der Waals surface area contributed by atoms with Crippen LogP contribution in [0.1, 0.15) is 46.0 Å². The van der Waals surface area contributed by atoms with Crippen molar-refractivity contribution in [3.05, 3.63) is 48.1 Å². The zero-order valence-electron chi connectivity index (χ0n) is 13.9. The molecule has 22 heavy (non-hydrogen) atoms. The fourth-order valence-electron chi connectivity index (χ4n) is 2.93. The molecule has 0 aliphatic heterocycles. The third-order valence-corrected chi connectivity index (χ3v) is 5.87. The maximum absolute atomic E-state index is 3.39. The Kier molecular flexibility index (Phi) is 7.67. The molecule has 0 aromatic heterocycles. The molecule has 118 valence electrons. The lowest BCUT2D eigenvalue weighted by molar-refractivity contribution is 0.615. The number of allylic oxidation sites excluding steroid dienone is 8. The molecule has 3 unspecified atom stereocenters. The lowest BCUT2D eigenvalue weighted by Crippen LogP contribution is -2.16. The van der Waals surface area contributed by atoms with Crippen LogP contribution in [-0.2, 0) is 0 Å². The molecule has 0 radical (unpaired) electrons. The normalized spacial score (nSPS) is 25.5. The minimum absolute atomic E-state index is 0.469. The van der Waals surface area contributed by atoms with Gasteiger partial charge < -0.3 is 0 Å². The summed E-state index contributed by atoms with van der Waals surface area (Å²) in [5, 5.41) is 0.469. The molecule has 0 N–H and O–H groups in total. The Balaban J connectivity index is 1.95. The van der Waals surface area contributed by atoms with Gasteiger partial charge in [0.1, 0.15) is 0 Å². The molecule has 0 saturated carbocycles. The molecule has 0 heterocycles. The van der Waals surface area contributed by atoms with Crippen molar-refractivity contribution in [2.45, 2.75) is 51.2 Å². The van der Waals surface area contributed by atoms with Crippen LogP contribution in [0, 0.1) is 23.7 Å². The molecule has 0 aromatic carbocycles. The predicted molar refractivity (Wildman–Crippen MR) is 101 cm³/mol. The third-order valence-electron chi connectivity index (χ3n) is 4.37. The van der Waals surface area contributed by atoms with Gasteiger partial charge in [0.05, 0.1) is 5.25 Å². The average Bonchev–Trinajstić information content (AvgIpc) is 2.81. The van der Waals surface area contributed by atoms with Crippen molar-refractivity contribution in [2.75, 3.05) is 5.75 Å². The van der Waals surface area contributed by atoms with Gasteiger partial charge in [-0.2, -0.15) is 0 Å². The number of hydrogen-bond acceptors (Lipinski definition) is 1. The second-order valence-electron chi connectivity index (χ2n) is 6.14. The van der Waals surface area contributed by atoms with Gasteiger partial charge in [-0.05, 0) is 56.9 Å². The first kappa shape index (κ1) is 17.2. The van der Waals surface area contributed by atoms with E-state index in [9.17, 15) is 0 Å². The molecule has 0 nitrogen and oxygen atoms in total. The lowest BCUT2D eigenvalue weighted by Gasteiger charge is -2.23. The molecule has 0 fully saturated rings. The highest BCUT2D eigenvalue weighted by Gasteiger charge is 2.19. The highest BCUT2D eigenvalue weighted by molar-refractivity contribution is 8.00. The molecule has 1 heteroatoms. The van der Waals surface area contributed by atoms with E-state index in [1.165, 1.54) is 31.4 Å². The van der Waals surface area contributed by atoms with Gasteiger partial charge in [-0.15, -0.1) is 11.8 Å². The summed E-state index contributed by atoms with van der Waals surface area (Å²) < 4.78 is 0. The van der Waals surface area contributed by atoms with Crippen molar-refractivity contribution in [1.29, 1.82) is 0 Å². The predicted octanol–water partition coefficient (Wildman–Crippen LogP) is 5.94. The molecule has 2 rings (SSSR count). The molecule has 2 aliphatic carbocycles. The van der Waals surface area contributed by atoms with Gasteiger partial charge in [0.25, 0.3) is 0 Å². The minimum atomic E-state index is 0.469. The summed E-state index contributed by atoms with van der Waals surface area (Å²) in [4.78, 5) is 0. The highest BCUT2D eigenvalue weighted by atomic mass is 32.2. The summed E-state index contributed by atoms with van der Waals surface area (Å²) in [6, 6.07) is 0. The van der Waals surface area contributed by atoms with Crippen LogP contribution in [-0.4, -0.2) is 11.0 Å². The first-order chi connectivity index (χ1) is 10.8. The second-order valence-corrected chi connectivity index (χ2v) is 7.31. The van der Waals surface area contributed by atoms with E-state index < -0.39 is 0 Å². The molecular weight excluding hydrogens is 284 g/mol. The molecular formula is C21H28S. The number of thioether (sulfide) groups is 1. The first-order valence-corrected chi connectivity index (χ1v) is 9.60. The van der Waals surface area contributed by atoms with E-state index in [0.29, 0.717) is 17.1 Å². The summed E-state index contributed by atoms with van der Waals surface area (Å²) in [6.45, 7) is 4.40. The van der Waals surface area contributed by atoms with Crippen molar-refractivity contribution in [2.24, 2.45) is 11.8 Å². The molecule has 2 aliphatic rings. The van der Waals surface area contributed by atoms with Crippen LogP contribution in [0.3, 0.4) is 0 Å². The van der Waals surface area contributed by atoms with Gasteiger partial charge in [-0.25, -0.2) is 0 Å². The van der Waals surface area contributed by atoms with Crippen LogP contribution < -0.4 is 0 Å². The van der Waals surface area contributed by atoms with E-state index in [2.05, 4.69) is 73.9 Å². The monoisotopic (exact) mass is 312 g/mol. The Hall–Kier alpha value is -1.13. The van der Waals surface area contributed by atoms with Crippen molar-refractivity contribution in [1.82, 2.24) is 0 Å². The van der Waals surface area contributed by atoms with Crippen molar-refractivity contribution >= 4 is 11.8 Å². The quantitative estimate of drug-likeness (QED) is 0.414. The molecule has 0 amide bonds. The number of hydrogen-bond donors (Lipinski definition) is 0. The van der Waals surface area contributed by atoms with Gasteiger partial charge in [0.15, 0.2) is 0 Å². The molecule has 0 bridgehead atoms. The Morgan fingerprint density at radius 2 is 2.27 bits per heavy atom. The fourth-order valence-corrected chi connectivity index (χ4v) is 4.30. The van der Waals surface area contributed by atoms with E-state index in [1.807, 2.05) is 6.08 Å². The molecule has 0 aromatic rings. The van der Waals surface area contributed by atoms with E-state index in [-0.39, 0.29) is 0 Å². The summed E-state index contributed by atoms with van der Waals surface area (Å²) in [7, 11) is 0. The maximum Gasteiger partial charge on any atom is 0.0720 e. The largest absolute Gasteiger partial charge is 0.144 e. The van der Waals surface area contributed by atoms with Crippen molar-refractivity contribution in [3.63, 3.8) is 0 Å². The summed E-state index contributed by atoms with van der Waals surface area (Å²) >= 11 is 2.06. The Morgan fingerprint density at radius 3 is 3.09 bits per heavy atom. The SMILES string of the molecule is CC=CCCC(CSC1C#CC=CC1C)C1=CCCC=CC1. The fraction of sp³-hybridized carbons (Fsp3) is 0.524. The van der Waals surface area contributed by atoms with Gasteiger partial charge in [0, 0.05) is 5.75 Å². The van der Waals surface area contributed by atoms with Crippen LogP contribution in [0.5, 0.6) is 0 Å². The maximum atomic E-state index is 3.39. The van der Waals surface area contributed by atoms with Crippen LogP contribution >= 0.6 is 11.8 Å². The third kappa shape index (κ3) is 5.58. The number of rotatable bonds is 7. The lowest BCUT2D eigenvalue weighted by atomic mass is 9.93. The van der Waals surface area contributed by atoms with Crippen LogP contribution in [0.4, 0.5) is 0 Å². The van der Waals surface area contributed by atoms with Gasteiger partial charge in [-0.1, -0.05) is 60.8 Å². The van der Waals surface area contributed by atoms with Crippen molar-refractivity contribution < 1.29 is 0 Å². The Morgan fingerprint density at radius 1 is 1.36 bits per heavy atom. The molecule has 3 atom stereocenters.